The molecule has 0 aliphatic carbocycles. The minimum atomic E-state index is -0.801. The molecular weight excluding hydrogens is 320 g/mol. The summed E-state index contributed by atoms with van der Waals surface area (Å²) < 4.78 is 0.872. The van der Waals surface area contributed by atoms with Crippen molar-refractivity contribution in [2.75, 3.05) is 0 Å². The van der Waals surface area contributed by atoms with Crippen molar-refractivity contribution in [2.24, 2.45) is 11.8 Å². The average molecular weight is 342 g/mol. The summed E-state index contributed by atoms with van der Waals surface area (Å²) in [6, 6.07) is 9.41. The van der Waals surface area contributed by atoms with Gasteiger partial charge in [-0.05, 0) is 17.9 Å². The van der Waals surface area contributed by atoms with Gasteiger partial charge in [0.1, 0.15) is 5.69 Å². The number of aldehydes is 1. The number of amides is 1. The lowest BCUT2D eigenvalue weighted by Crippen LogP contribution is -2.36. The van der Waals surface area contributed by atoms with Crippen molar-refractivity contribution in [2.45, 2.75) is 33.2 Å². The standard InChI is InChI=1S/C18H22N4O3/c1-12(2)17(15-10-22(21-20-15)16(24)11-23)19-18(25)13(3)9-14-7-5-4-6-8-14/h4-8,10-13,17H,9H2,1-3H3,(H,19,25)/t13-,17-/m0/s1. The van der Waals surface area contributed by atoms with Gasteiger partial charge in [0.15, 0.2) is 0 Å². The topological polar surface area (TPSA) is 94.0 Å². The first-order valence-corrected chi connectivity index (χ1v) is 8.18. The van der Waals surface area contributed by atoms with E-state index in [1.54, 1.807) is 0 Å². The third-order valence-corrected chi connectivity index (χ3v) is 3.95. The highest BCUT2D eigenvalue weighted by Gasteiger charge is 2.25. The second-order valence-corrected chi connectivity index (χ2v) is 6.37. The quantitative estimate of drug-likeness (QED) is 0.612. The number of benzene rings is 1. The van der Waals surface area contributed by atoms with Gasteiger partial charge in [0.05, 0.1) is 12.2 Å². The van der Waals surface area contributed by atoms with Crippen LogP contribution in [0.2, 0.25) is 0 Å². The molecule has 1 heterocycles. The van der Waals surface area contributed by atoms with E-state index >= 15 is 0 Å². The maximum atomic E-state index is 12.5. The summed E-state index contributed by atoms with van der Waals surface area (Å²) in [6.45, 7) is 5.74. The minimum Gasteiger partial charge on any atom is -0.347 e. The molecule has 0 spiro atoms. The Morgan fingerprint density at radius 3 is 2.48 bits per heavy atom. The molecule has 0 saturated heterocycles. The molecule has 1 amide bonds. The predicted octanol–water partition coefficient (Wildman–Crippen LogP) is 1.81. The van der Waals surface area contributed by atoms with Crippen molar-refractivity contribution < 1.29 is 14.4 Å². The Labute approximate surface area is 146 Å². The fourth-order valence-corrected chi connectivity index (χ4v) is 2.52. The zero-order valence-corrected chi connectivity index (χ0v) is 14.5. The van der Waals surface area contributed by atoms with Crippen molar-refractivity contribution >= 4 is 18.1 Å². The molecule has 7 heteroatoms. The molecular formula is C18H22N4O3. The highest BCUT2D eigenvalue weighted by molar-refractivity contribution is 6.24. The van der Waals surface area contributed by atoms with Crippen LogP contribution >= 0.6 is 0 Å². The Morgan fingerprint density at radius 2 is 1.88 bits per heavy atom. The van der Waals surface area contributed by atoms with E-state index in [0.717, 1.165) is 10.2 Å². The van der Waals surface area contributed by atoms with Crippen molar-refractivity contribution in [3.63, 3.8) is 0 Å². The number of nitrogens with zero attached hydrogens (tertiary/aromatic N) is 3. The number of carbonyl (C=O) groups is 3. The van der Waals surface area contributed by atoms with Crippen molar-refractivity contribution in [3.8, 4) is 0 Å². The summed E-state index contributed by atoms with van der Waals surface area (Å²) >= 11 is 0. The number of nitrogens with one attached hydrogen (secondary N) is 1. The zero-order valence-electron chi connectivity index (χ0n) is 14.5. The highest BCUT2D eigenvalue weighted by atomic mass is 16.2. The highest BCUT2D eigenvalue weighted by Crippen LogP contribution is 2.20. The lowest BCUT2D eigenvalue weighted by Gasteiger charge is -2.22. The first-order chi connectivity index (χ1) is 11.9. The molecule has 0 radical (unpaired) electrons. The third kappa shape index (κ3) is 4.82. The van der Waals surface area contributed by atoms with Crippen LogP contribution in [0.15, 0.2) is 36.5 Å². The molecule has 2 atom stereocenters. The number of hydrogen-bond donors (Lipinski definition) is 1. The molecule has 0 saturated carbocycles. The maximum Gasteiger partial charge on any atom is 0.312 e. The Bertz CT molecular complexity index is 740. The van der Waals surface area contributed by atoms with Gasteiger partial charge in [0.25, 0.3) is 0 Å². The molecule has 132 valence electrons. The van der Waals surface area contributed by atoms with E-state index in [1.807, 2.05) is 51.1 Å². The third-order valence-electron chi connectivity index (χ3n) is 3.95. The van der Waals surface area contributed by atoms with Crippen LogP contribution in [-0.2, 0) is 16.0 Å². The fraction of sp³-hybridized carbons (Fsp3) is 0.389. The molecule has 7 nitrogen and oxygen atoms in total. The van der Waals surface area contributed by atoms with Crippen molar-refractivity contribution in [1.29, 1.82) is 0 Å². The predicted molar refractivity (Wildman–Crippen MR) is 91.7 cm³/mol. The number of rotatable bonds is 7. The lowest BCUT2D eigenvalue weighted by molar-refractivity contribution is -0.125. The smallest absolute Gasteiger partial charge is 0.312 e. The van der Waals surface area contributed by atoms with E-state index in [0.29, 0.717) is 12.1 Å². The zero-order chi connectivity index (χ0) is 18.4. The SMILES string of the molecule is CC(C)[C@H](NC(=O)[C@@H](C)Cc1ccccc1)c1cn(C(=O)C=O)nn1. The summed E-state index contributed by atoms with van der Waals surface area (Å²) in [4.78, 5) is 34.5. The summed E-state index contributed by atoms with van der Waals surface area (Å²) in [5.41, 5.74) is 1.54. The van der Waals surface area contributed by atoms with Gasteiger partial charge in [-0.2, -0.15) is 4.68 Å². The van der Waals surface area contributed by atoms with Gasteiger partial charge in [0, 0.05) is 5.92 Å². The molecule has 1 aromatic heterocycles. The van der Waals surface area contributed by atoms with Crippen LogP contribution in [0, 0.1) is 11.8 Å². The minimum absolute atomic E-state index is 0.0457. The maximum absolute atomic E-state index is 12.5. The van der Waals surface area contributed by atoms with Gasteiger partial charge in [-0.25, -0.2) is 0 Å². The van der Waals surface area contributed by atoms with E-state index in [9.17, 15) is 14.4 Å². The second kappa shape index (κ2) is 8.32. The Hall–Kier alpha value is -2.83. The van der Waals surface area contributed by atoms with Gasteiger partial charge in [-0.1, -0.05) is 56.3 Å². The van der Waals surface area contributed by atoms with Gasteiger partial charge in [0.2, 0.25) is 12.2 Å². The van der Waals surface area contributed by atoms with E-state index in [4.69, 9.17) is 0 Å². The molecule has 0 unspecified atom stereocenters. The van der Waals surface area contributed by atoms with Crippen LogP contribution in [0.1, 0.15) is 42.9 Å². The Morgan fingerprint density at radius 1 is 1.20 bits per heavy atom. The van der Waals surface area contributed by atoms with Gasteiger partial charge in [-0.3, -0.25) is 14.4 Å². The molecule has 25 heavy (non-hydrogen) atoms. The van der Waals surface area contributed by atoms with Gasteiger partial charge in [-0.15, -0.1) is 5.10 Å². The average Bonchev–Trinajstić information content (AvgIpc) is 3.08. The van der Waals surface area contributed by atoms with E-state index in [2.05, 4.69) is 15.6 Å². The van der Waals surface area contributed by atoms with Crippen LogP contribution in [0.4, 0.5) is 0 Å². The monoisotopic (exact) mass is 342 g/mol. The summed E-state index contributed by atoms with van der Waals surface area (Å²) in [5.74, 6) is -1.07. The first-order valence-electron chi connectivity index (χ1n) is 8.18. The number of carbonyl (C=O) groups excluding carboxylic acids is 3. The van der Waals surface area contributed by atoms with Crippen LogP contribution in [0.3, 0.4) is 0 Å². The largest absolute Gasteiger partial charge is 0.347 e. The normalized spacial score (nSPS) is 13.3. The van der Waals surface area contributed by atoms with E-state index in [-0.39, 0.29) is 30.1 Å². The van der Waals surface area contributed by atoms with Crippen LogP contribution in [0.25, 0.3) is 0 Å². The molecule has 1 N–H and O–H groups in total. The van der Waals surface area contributed by atoms with Crippen molar-refractivity contribution in [1.82, 2.24) is 20.3 Å². The van der Waals surface area contributed by atoms with E-state index < -0.39 is 5.91 Å². The Kier molecular flexibility index (Phi) is 6.16. The van der Waals surface area contributed by atoms with Crippen LogP contribution in [0.5, 0.6) is 0 Å². The second-order valence-electron chi connectivity index (χ2n) is 6.37. The van der Waals surface area contributed by atoms with Crippen molar-refractivity contribution in [3.05, 3.63) is 47.8 Å². The number of hydrogen-bond acceptors (Lipinski definition) is 5. The van der Waals surface area contributed by atoms with Crippen LogP contribution in [-0.4, -0.2) is 33.1 Å². The molecule has 0 bridgehead atoms. The van der Waals surface area contributed by atoms with Crippen LogP contribution < -0.4 is 5.32 Å². The van der Waals surface area contributed by atoms with Gasteiger partial charge < -0.3 is 5.32 Å². The fourth-order valence-electron chi connectivity index (χ4n) is 2.52. The summed E-state index contributed by atoms with van der Waals surface area (Å²) in [6.07, 6.45) is 2.18. The molecule has 0 aliphatic rings. The van der Waals surface area contributed by atoms with E-state index in [1.165, 1.54) is 6.20 Å². The van der Waals surface area contributed by atoms with Gasteiger partial charge >= 0.3 is 5.91 Å². The summed E-state index contributed by atoms with van der Waals surface area (Å²) in [7, 11) is 0. The molecule has 2 rings (SSSR count). The Balaban J connectivity index is 2.07. The molecule has 0 fully saturated rings. The molecule has 2 aromatic rings. The number of aromatic nitrogens is 3. The lowest BCUT2D eigenvalue weighted by atomic mass is 9.97. The first kappa shape index (κ1) is 18.5. The summed E-state index contributed by atoms with van der Waals surface area (Å²) in [5, 5.41) is 10.5. The molecule has 1 aromatic carbocycles. The molecule has 0 aliphatic heterocycles.